The first-order valence-corrected chi connectivity index (χ1v) is 9.31. The van der Waals surface area contributed by atoms with Crippen LogP contribution < -0.4 is 10.2 Å². The van der Waals surface area contributed by atoms with Gasteiger partial charge in [-0.1, -0.05) is 18.2 Å². The standard InChI is InChI=1S/C18H24N4OS/c1-21(14-17(23)20-18-19-9-12-24-18)13-15-7-3-4-8-16(15)22-10-5-2-6-11-22/h3-4,7-9,12H,2,5-6,10-11,13-14H2,1H3,(H,19,20,23). The van der Waals surface area contributed by atoms with Crippen LogP contribution in [0.15, 0.2) is 35.8 Å². The number of piperidine rings is 1. The molecule has 1 fully saturated rings. The second-order valence-electron chi connectivity index (χ2n) is 6.23. The average molecular weight is 344 g/mol. The summed E-state index contributed by atoms with van der Waals surface area (Å²) in [5.74, 6) is -0.0251. The molecule has 5 nitrogen and oxygen atoms in total. The molecule has 0 radical (unpaired) electrons. The van der Waals surface area contributed by atoms with Gasteiger partial charge in [0.05, 0.1) is 6.54 Å². The van der Waals surface area contributed by atoms with Crippen molar-refractivity contribution in [3.05, 3.63) is 41.4 Å². The predicted octanol–water partition coefficient (Wildman–Crippen LogP) is 3.20. The van der Waals surface area contributed by atoms with Gasteiger partial charge in [-0.3, -0.25) is 9.69 Å². The Kier molecular flexibility index (Phi) is 5.82. The third-order valence-corrected chi connectivity index (χ3v) is 4.91. The van der Waals surface area contributed by atoms with E-state index in [1.54, 1.807) is 6.20 Å². The highest BCUT2D eigenvalue weighted by Crippen LogP contribution is 2.25. The summed E-state index contributed by atoms with van der Waals surface area (Å²) < 4.78 is 0. The fourth-order valence-electron chi connectivity index (χ4n) is 3.12. The predicted molar refractivity (Wildman–Crippen MR) is 99.6 cm³/mol. The van der Waals surface area contributed by atoms with Crippen LogP contribution in [-0.2, 0) is 11.3 Å². The van der Waals surface area contributed by atoms with Gasteiger partial charge in [0.2, 0.25) is 5.91 Å². The fraction of sp³-hybridized carbons (Fsp3) is 0.444. The molecule has 6 heteroatoms. The van der Waals surface area contributed by atoms with Gasteiger partial charge in [-0.05, 0) is 37.9 Å². The summed E-state index contributed by atoms with van der Waals surface area (Å²) in [5.41, 5.74) is 2.59. The average Bonchev–Trinajstić information content (AvgIpc) is 3.09. The topological polar surface area (TPSA) is 48.5 Å². The summed E-state index contributed by atoms with van der Waals surface area (Å²) in [6.07, 6.45) is 5.55. The molecule has 1 aromatic heterocycles. The van der Waals surface area contributed by atoms with E-state index in [4.69, 9.17) is 0 Å². The van der Waals surface area contributed by atoms with Gasteiger partial charge in [0.25, 0.3) is 0 Å². The van der Waals surface area contributed by atoms with E-state index in [0.717, 1.165) is 19.6 Å². The Balaban J connectivity index is 1.59. The van der Waals surface area contributed by atoms with Crippen LogP contribution in [0.4, 0.5) is 10.8 Å². The monoisotopic (exact) mass is 344 g/mol. The Morgan fingerprint density at radius 3 is 2.83 bits per heavy atom. The summed E-state index contributed by atoms with van der Waals surface area (Å²) in [6.45, 7) is 3.38. The number of carbonyl (C=O) groups excluding carboxylic acids is 1. The van der Waals surface area contributed by atoms with Crippen molar-refractivity contribution in [2.45, 2.75) is 25.8 Å². The number of hydrogen-bond donors (Lipinski definition) is 1. The van der Waals surface area contributed by atoms with Gasteiger partial charge in [0, 0.05) is 36.9 Å². The van der Waals surface area contributed by atoms with Crippen LogP contribution in [0, 0.1) is 0 Å². The van der Waals surface area contributed by atoms with E-state index in [-0.39, 0.29) is 5.91 Å². The molecule has 1 amide bonds. The summed E-state index contributed by atoms with van der Waals surface area (Å²) in [7, 11) is 1.98. The van der Waals surface area contributed by atoms with Crippen molar-refractivity contribution < 1.29 is 4.79 Å². The molecule has 3 rings (SSSR count). The van der Waals surface area contributed by atoms with E-state index in [2.05, 4.69) is 39.5 Å². The number of hydrogen-bond acceptors (Lipinski definition) is 5. The maximum absolute atomic E-state index is 12.1. The largest absolute Gasteiger partial charge is 0.371 e. The second kappa shape index (κ2) is 8.26. The molecule has 2 aromatic rings. The molecule has 24 heavy (non-hydrogen) atoms. The molecule has 1 N–H and O–H groups in total. The molecule has 128 valence electrons. The minimum atomic E-state index is -0.0251. The Labute approximate surface area is 147 Å². The van der Waals surface area contributed by atoms with Crippen LogP contribution in [0.3, 0.4) is 0 Å². The molecule has 0 atom stereocenters. The molecular weight excluding hydrogens is 320 g/mol. The van der Waals surface area contributed by atoms with Gasteiger partial charge >= 0.3 is 0 Å². The van der Waals surface area contributed by atoms with Crippen molar-refractivity contribution in [3.8, 4) is 0 Å². The summed E-state index contributed by atoms with van der Waals surface area (Å²) in [6, 6.07) is 8.54. The lowest BCUT2D eigenvalue weighted by Gasteiger charge is -2.31. The van der Waals surface area contributed by atoms with E-state index < -0.39 is 0 Å². The molecule has 0 spiro atoms. The summed E-state index contributed by atoms with van der Waals surface area (Å²) >= 11 is 1.44. The van der Waals surface area contributed by atoms with Crippen LogP contribution >= 0.6 is 11.3 Å². The zero-order chi connectivity index (χ0) is 16.8. The lowest BCUT2D eigenvalue weighted by atomic mass is 10.1. The molecular formula is C18H24N4OS. The zero-order valence-electron chi connectivity index (χ0n) is 14.1. The van der Waals surface area contributed by atoms with Gasteiger partial charge < -0.3 is 10.2 Å². The van der Waals surface area contributed by atoms with Gasteiger partial charge in [0.15, 0.2) is 5.13 Å². The number of likely N-dealkylation sites (N-methyl/N-ethyl adjacent to an activating group) is 1. The lowest BCUT2D eigenvalue weighted by Crippen LogP contribution is -2.32. The highest BCUT2D eigenvalue weighted by molar-refractivity contribution is 7.13. The van der Waals surface area contributed by atoms with Gasteiger partial charge in [0.1, 0.15) is 0 Å². The van der Waals surface area contributed by atoms with Gasteiger partial charge in [-0.25, -0.2) is 4.98 Å². The fourth-order valence-corrected chi connectivity index (χ4v) is 3.67. The molecule has 0 unspecified atom stereocenters. The number of anilines is 2. The molecule has 0 bridgehead atoms. The first-order chi connectivity index (χ1) is 11.7. The Bertz CT molecular complexity index is 653. The number of para-hydroxylation sites is 1. The van der Waals surface area contributed by atoms with Crippen molar-refractivity contribution in [2.75, 3.05) is 36.9 Å². The van der Waals surface area contributed by atoms with Crippen LogP contribution in [0.2, 0.25) is 0 Å². The maximum atomic E-state index is 12.1. The molecule has 1 aromatic carbocycles. The van der Waals surface area contributed by atoms with Crippen molar-refractivity contribution in [2.24, 2.45) is 0 Å². The smallest absolute Gasteiger partial charge is 0.240 e. The molecule has 1 aliphatic heterocycles. The number of nitrogens with zero attached hydrogens (tertiary/aromatic N) is 3. The number of amides is 1. The van der Waals surface area contributed by atoms with Gasteiger partial charge in [-0.2, -0.15) is 0 Å². The molecule has 0 saturated carbocycles. The number of rotatable bonds is 6. The van der Waals surface area contributed by atoms with Crippen LogP contribution in [0.25, 0.3) is 0 Å². The molecule has 1 aliphatic rings. The van der Waals surface area contributed by atoms with Crippen molar-refractivity contribution >= 4 is 28.1 Å². The third kappa shape index (κ3) is 4.55. The first kappa shape index (κ1) is 16.9. The highest BCUT2D eigenvalue weighted by Gasteiger charge is 2.16. The van der Waals surface area contributed by atoms with Gasteiger partial charge in [-0.15, -0.1) is 11.3 Å². The molecule has 0 aliphatic carbocycles. The third-order valence-electron chi connectivity index (χ3n) is 4.22. The second-order valence-corrected chi connectivity index (χ2v) is 7.13. The number of nitrogens with one attached hydrogen (secondary N) is 1. The minimum absolute atomic E-state index is 0.0251. The normalized spacial score (nSPS) is 14.8. The summed E-state index contributed by atoms with van der Waals surface area (Å²) in [4.78, 5) is 20.7. The van der Waals surface area contributed by atoms with Crippen LogP contribution in [0.1, 0.15) is 24.8 Å². The van der Waals surface area contributed by atoms with Crippen molar-refractivity contribution in [3.63, 3.8) is 0 Å². The molecule has 1 saturated heterocycles. The quantitative estimate of drug-likeness (QED) is 0.874. The maximum Gasteiger partial charge on any atom is 0.240 e. The number of aromatic nitrogens is 1. The Hall–Kier alpha value is -1.92. The van der Waals surface area contributed by atoms with E-state index in [1.165, 1.54) is 41.9 Å². The molecule has 2 heterocycles. The van der Waals surface area contributed by atoms with Crippen LogP contribution in [0.5, 0.6) is 0 Å². The van der Waals surface area contributed by atoms with Crippen molar-refractivity contribution in [1.82, 2.24) is 9.88 Å². The first-order valence-electron chi connectivity index (χ1n) is 8.43. The number of benzene rings is 1. The van der Waals surface area contributed by atoms with E-state index in [1.807, 2.05) is 17.3 Å². The minimum Gasteiger partial charge on any atom is -0.371 e. The van der Waals surface area contributed by atoms with E-state index in [0.29, 0.717) is 11.7 Å². The van der Waals surface area contributed by atoms with E-state index in [9.17, 15) is 4.79 Å². The highest BCUT2D eigenvalue weighted by atomic mass is 32.1. The van der Waals surface area contributed by atoms with E-state index >= 15 is 0 Å². The lowest BCUT2D eigenvalue weighted by molar-refractivity contribution is -0.117. The number of carbonyl (C=O) groups is 1. The summed E-state index contributed by atoms with van der Waals surface area (Å²) in [5, 5.41) is 5.34. The Morgan fingerprint density at radius 1 is 1.29 bits per heavy atom. The number of thiazole rings is 1. The SMILES string of the molecule is CN(CC(=O)Nc1nccs1)Cc1ccccc1N1CCCCC1. The van der Waals surface area contributed by atoms with Crippen molar-refractivity contribution in [1.29, 1.82) is 0 Å². The zero-order valence-corrected chi connectivity index (χ0v) is 14.9. The Morgan fingerprint density at radius 2 is 2.08 bits per heavy atom. The van der Waals surface area contributed by atoms with Crippen LogP contribution in [-0.4, -0.2) is 42.5 Å².